The van der Waals surface area contributed by atoms with Crippen molar-refractivity contribution < 1.29 is 9.53 Å². The molecule has 170 valence electrons. The van der Waals surface area contributed by atoms with Crippen LogP contribution in [-0.2, 0) is 11.2 Å². The van der Waals surface area contributed by atoms with Crippen LogP contribution in [0.4, 0.5) is 5.69 Å². The number of aliphatic imine (C=N–C) groups is 1. The number of ether oxygens (including phenoxy) is 1. The van der Waals surface area contributed by atoms with E-state index in [1.807, 2.05) is 18.2 Å². The van der Waals surface area contributed by atoms with Gasteiger partial charge in [0.1, 0.15) is 12.4 Å². The van der Waals surface area contributed by atoms with E-state index in [1.165, 1.54) is 0 Å². The number of hydrogen-bond acceptors (Lipinski definition) is 4. The lowest BCUT2D eigenvalue weighted by atomic mass is 10.0. The number of aryl methyl sites for hydroxylation is 1. The summed E-state index contributed by atoms with van der Waals surface area (Å²) in [6, 6.07) is 6.94. The number of benzene rings is 1. The molecule has 30 heavy (non-hydrogen) atoms. The largest absolute Gasteiger partial charge is 0.492 e. The van der Waals surface area contributed by atoms with Crippen LogP contribution < -0.4 is 20.7 Å². The SMILES string of the molecule is CN=C(NCCCN(C(C)C)C(C)C)NCCOc1ccc2c(c1)CCC(=O)N2.I. The highest BCUT2D eigenvalue weighted by Crippen LogP contribution is 2.26. The number of rotatable bonds is 10. The third kappa shape index (κ3) is 8.67. The molecule has 0 saturated heterocycles. The van der Waals surface area contributed by atoms with E-state index in [0.717, 1.165) is 48.9 Å². The topological polar surface area (TPSA) is 78.0 Å². The number of anilines is 1. The summed E-state index contributed by atoms with van der Waals surface area (Å²) in [7, 11) is 1.78. The Balaban J connectivity index is 0.00000450. The van der Waals surface area contributed by atoms with Gasteiger partial charge in [-0.1, -0.05) is 0 Å². The molecule has 0 spiro atoms. The lowest BCUT2D eigenvalue weighted by molar-refractivity contribution is -0.116. The molecule has 1 amide bonds. The molecule has 0 fully saturated rings. The van der Waals surface area contributed by atoms with E-state index in [2.05, 4.69) is 53.5 Å². The summed E-state index contributed by atoms with van der Waals surface area (Å²) in [4.78, 5) is 18.2. The molecule has 3 N–H and O–H groups in total. The number of nitrogens with one attached hydrogen (secondary N) is 3. The van der Waals surface area contributed by atoms with Crippen LogP contribution in [0.3, 0.4) is 0 Å². The third-order valence-corrected chi connectivity index (χ3v) is 5.07. The number of carbonyl (C=O) groups is 1. The first-order valence-electron chi connectivity index (χ1n) is 10.7. The first kappa shape index (κ1) is 26.5. The second-order valence-corrected chi connectivity index (χ2v) is 7.92. The van der Waals surface area contributed by atoms with Gasteiger partial charge in [0, 0.05) is 44.3 Å². The first-order chi connectivity index (χ1) is 13.9. The van der Waals surface area contributed by atoms with E-state index in [0.29, 0.717) is 31.7 Å². The molecule has 1 heterocycles. The van der Waals surface area contributed by atoms with Crippen molar-refractivity contribution in [3.8, 4) is 5.75 Å². The Morgan fingerprint density at radius 3 is 2.53 bits per heavy atom. The van der Waals surface area contributed by atoms with Gasteiger partial charge in [-0.2, -0.15) is 0 Å². The van der Waals surface area contributed by atoms with E-state index in [9.17, 15) is 4.79 Å². The number of nitrogens with zero attached hydrogens (tertiary/aromatic N) is 2. The summed E-state index contributed by atoms with van der Waals surface area (Å²) < 4.78 is 5.84. The number of carbonyl (C=O) groups excluding carboxylic acids is 1. The van der Waals surface area contributed by atoms with Crippen LogP contribution in [0, 0.1) is 0 Å². The van der Waals surface area contributed by atoms with Crippen molar-refractivity contribution in [1.82, 2.24) is 15.5 Å². The van der Waals surface area contributed by atoms with E-state index < -0.39 is 0 Å². The summed E-state index contributed by atoms with van der Waals surface area (Å²) in [6.07, 6.45) is 2.36. The van der Waals surface area contributed by atoms with Crippen LogP contribution in [-0.4, -0.2) is 62.1 Å². The Hall–Kier alpha value is -1.55. The van der Waals surface area contributed by atoms with E-state index in [4.69, 9.17) is 4.74 Å². The number of amides is 1. The van der Waals surface area contributed by atoms with Crippen molar-refractivity contribution in [3.05, 3.63) is 23.8 Å². The standard InChI is InChI=1S/C22H37N5O2.HI/c1-16(2)27(17(3)4)13-6-11-24-22(23-5)25-12-14-29-19-8-9-20-18(15-19)7-10-21(28)26-20;/h8-9,15-17H,6-7,10-14H2,1-5H3,(H,26,28)(H2,23,24,25);1H. The molecule has 2 rings (SSSR count). The molecule has 1 aromatic carbocycles. The van der Waals surface area contributed by atoms with E-state index >= 15 is 0 Å². The van der Waals surface area contributed by atoms with Gasteiger partial charge in [-0.05, 0) is 64.3 Å². The molecule has 8 heteroatoms. The van der Waals surface area contributed by atoms with Crippen molar-refractivity contribution in [3.63, 3.8) is 0 Å². The zero-order valence-corrected chi connectivity index (χ0v) is 21.3. The van der Waals surface area contributed by atoms with Crippen molar-refractivity contribution in [1.29, 1.82) is 0 Å². The molecule has 0 unspecified atom stereocenters. The minimum atomic E-state index is 0. The lowest BCUT2D eigenvalue weighted by Gasteiger charge is -2.30. The summed E-state index contributed by atoms with van der Waals surface area (Å²) in [5.41, 5.74) is 2.02. The zero-order valence-electron chi connectivity index (χ0n) is 19.0. The molecule has 0 aromatic heterocycles. The monoisotopic (exact) mass is 531 g/mol. The van der Waals surface area contributed by atoms with Crippen LogP contribution in [0.1, 0.15) is 46.1 Å². The van der Waals surface area contributed by atoms with Gasteiger partial charge < -0.3 is 20.7 Å². The number of halogens is 1. The highest BCUT2D eigenvalue weighted by Gasteiger charge is 2.15. The summed E-state index contributed by atoms with van der Waals surface area (Å²) in [5, 5.41) is 9.53. The Bertz CT molecular complexity index is 686. The Kier molecular flexibility index (Phi) is 12.1. The Labute approximate surface area is 198 Å². The van der Waals surface area contributed by atoms with Gasteiger partial charge in [-0.25, -0.2) is 0 Å². The second kappa shape index (κ2) is 13.7. The van der Waals surface area contributed by atoms with Gasteiger partial charge in [0.05, 0.1) is 6.54 Å². The third-order valence-electron chi connectivity index (χ3n) is 5.07. The van der Waals surface area contributed by atoms with Gasteiger partial charge in [-0.3, -0.25) is 14.7 Å². The first-order valence-corrected chi connectivity index (χ1v) is 10.7. The molecular weight excluding hydrogens is 493 g/mol. The van der Waals surface area contributed by atoms with Crippen LogP contribution in [0.15, 0.2) is 23.2 Å². The minimum absolute atomic E-state index is 0. The van der Waals surface area contributed by atoms with Gasteiger partial charge in [0.25, 0.3) is 0 Å². The maximum atomic E-state index is 11.4. The van der Waals surface area contributed by atoms with Crippen LogP contribution >= 0.6 is 24.0 Å². The van der Waals surface area contributed by atoms with E-state index in [-0.39, 0.29) is 29.9 Å². The molecule has 0 atom stereocenters. The highest BCUT2D eigenvalue weighted by molar-refractivity contribution is 14.0. The van der Waals surface area contributed by atoms with Crippen molar-refractivity contribution in [2.24, 2.45) is 4.99 Å². The number of guanidine groups is 1. The molecule has 1 aromatic rings. The summed E-state index contributed by atoms with van der Waals surface area (Å²) in [6.45, 7) is 12.1. The molecule has 0 saturated carbocycles. The fourth-order valence-corrected chi connectivity index (χ4v) is 3.59. The number of fused-ring (bicyclic) bond motifs is 1. The fourth-order valence-electron chi connectivity index (χ4n) is 3.59. The maximum Gasteiger partial charge on any atom is 0.224 e. The molecule has 1 aliphatic heterocycles. The highest BCUT2D eigenvalue weighted by atomic mass is 127. The van der Waals surface area contributed by atoms with Crippen molar-refractivity contribution >= 4 is 41.5 Å². The normalized spacial score (nSPS) is 13.7. The predicted octanol–water partition coefficient (Wildman–Crippen LogP) is 3.24. The Morgan fingerprint density at radius 1 is 1.17 bits per heavy atom. The summed E-state index contributed by atoms with van der Waals surface area (Å²) in [5.74, 6) is 1.70. The molecule has 0 aliphatic carbocycles. The van der Waals surface area contributed by atoms with E-state index in [1.54, 1.807) is 7.05 Å². The predicted molar refractivity (Wildman–Crippen MR) is 135 cm³/mol. The average Bonchev–Trinajstić information content (AvgIpc) is 2.68. The Morgan fingerprint density at radius 2 is 1.87 bits per heavy atom. The molecule has 1 aliphatic rings. The maximum absolute atomic E-state index is 11.4. The van der Waals surface area contributed by atoms with Gasteiger partial charge in [0.15, 0.2) is 5.96 Å². The molecule has 7 nitrogen and oxygen atoms in total. The lowest BCUT2D eigenvalue weighted by Crippen LogP contribution is -2.42. The van der Waals surface area contributed by atoms with Crippen LogP contribution in [0.25, 0.3) is 0 Å². The van der Waals surface area contributed by atoms with Crippen LogP contribution in [0.5, 0.6) is 5.75 Å². The average molecular weight is 531 g/mol. The van der Waals surface area contributed by atoms with Crippen molar-refractivity contribution in [2.75, 3.05) is 38.6 Å². The molecular formula is C22H38IN5O2. The minimum Gasteiger partial charge on any atom is -0.492 e. The van der Waals surface area contributed by atoms with Gasteiger partial charge in [0.2, 0.25) is 5.91 Å². The molecule has 0 radical (unpaired) electrons. The quantitative estimate of drug-likeness (QED) is 0.187. The number of hydrogen-bond donors (Lipinski definition) is 3. The van der Waals surface area contributed by atoms with Crippen molar-refractivity contribution in [2.45, 2.75) is 59.0 Å². The molecule has 0 bridgehead atoms. The second-order valence-electron chi connectivity index (χ2n) is 7.92. The van der Waals surface area contributed by atoms with Crippen LogP contribution in [0.2, 0.25) is 0 Å². The summed E-state index contributed by atoms with van der Waals surface area (Å²) >= 11 is 0. The fraction of sp³-hybridized carbons (Fsp3) is 0.636. The van der Waals surface area contributed by atoms with Gasteiger partial charge >= 0.3 is 0 Å². The van der Waals surface area contributed by atoms with Gasteiger partial charge in [-0.15, -0.1) is 24.0 Å². The smallest absolute Gasteiger partial charge is 0.224 e. The zero-order chi connectivity index (χ0) is 21.2.